The van der Waals surface area contributed by atoms with E-state index in [-0.39, 0.29) is 11.4 Å². The topological polar surface area (TPSA) is 122 Å². The van der Waals surface area contributed by atoms with Crippen LogP contribution in [0.1, 0.15) is 16.2 Å². The van der Waals surface area contributed by atoms with Crippen LogP contribution in [0.2, 0.25) is 0 Å². The number of aromatic carboxylic acids is 1. The summed E-state index contributed by atoms with van der Waals surface area (Å²) in [6.45, 7) is -0.0326. The third-order valence-electron chi connectivity index (χ3n) is 2.85. The fourth-order valence-corrected chi connectivity index (χ4v) is 2.67. The molecule has 112 valence electrons. The van der Waals surface area contributed by atoms with Gasteiger partial charge in [-0.25, -0.2) is 22.9 Å². The van der Waals surface area contributed by atoms with Crippen molar-refractivity contribution in [2.75, 3.05) is 0 Å². The summed E-state index contributed by atoms with van der Waals surface area (Å²) in [5, 5.41) is 18.3. The second-order valence-corrected chi connectivity index (χ2v) is 6.03. The number of hydrogen-bond donors (Lipinski definition) is 3. The monoisotopic (exact) mass is 311 g/mol. The molecule has 0 aliphatic rings. The van der Waals surface area contributed by atoms with E-state index >= 15 is 0 Å². The zero-order chi connectivity index (χ0) is 15.6. The molecule has 0 bridgehead atoms. The molecule has 1 aromatic heterocycles. The quantitative estimate of drug-likeness (QED) is 0.730. The van der Waals surface area contributed by atoms with E-state index < -0.39 is 27.3 Å². The SMILES string of the molecule is Cn1ccnc1CNS(=O)(=O)c1ccc(O)c(C(=O)O)c1. The summed E-state index contributed by atoms with van der Waals surface area (Å²) in [6, 6.07) is 3.06. The number of aromatic nitrogens is 2. The molecule has 2 aromatic rings. The molecule has 0 fully saturated rings. The summed E-state index contributed by atoms with van der Waals surface area (Å²) in [6.07, 6.45) is 3.21. The third-order valence-corrected chi connectivity index (χ3v) is 4.25. The van der Waals surface area contributed by atoms with Crippen LogP contribution in [0.3, 0.4) is 0 Å². The Morgan fingerprint density at radius 1 is 1.43 bits per heavy atom. The first kappa shape index (κ1) is 15.0. The molecule has 0 aliphatic carbocycles. The molecule has 0 radical (unpaired) electrons. The number of sulfonamides is 1. The Balaban J connectivity index is 2.26. The molecule has 0 saturated carbocycles. The number of hydrogen-bond acceptors (Lipinski definition) is 5. The van der Waals surface area contributed by atoms with Gasteiger partial charge in [0.2, 0.25) is 10.0 Å². The standard InChI is InChI=1S/C12H13N3O5S/c1-15-5-4-13-11(15)7-14-21(19,20)8-2-3-10(16)9(6-8)12(17)18/h2-6,14,16H,7H2,1H3,(H,17,18). The minimum absolute atomic E-state index is 0.0326. The van der Waals surface area contributed by atoms with Crippen molar-refractivity contribution in [1.82, 2.24) is 14.3 Å². The molecular weight excluding hydrogens is 298 g/mol. The summed E-state index contributed by atoms with van der Waals surface area (Å²) in [7, 11) is -2.18. The molecule has 0 aliphatic heterocycles. The van der Waals surface area contributed by atoms with Crippen LogP contribution < -0.4 is 4.72 Å². The Morgan fingerprint density at radius 2 is 2.14 bits per heavy atom. The molecule has 2 rings (SSSR count). The molecule has 1 heterocycles. The maximum Gasteiger partial charge on any atom is 0.339 e. The number of rotatable bonds is 5. The second kappa shape index (κ2) is 5.54. The van der Waals surface area contributed by atoms with Crippen LogP contribution in [-0.2, 0) is 23.6 Å². The summed E-state index contributed by atoms with van der Waals surface area (Å²) in [4.78, 5) is 14.6. The van der Waals surface area contributed by atoms with E-state index in [0.29, 0.717) is 5.82 Å². The van der Waals surface area contributed by atoms with E-state index in [1.165, 1.54) is 6.20 Å². The van der Waals surface area contributed by atoms with E-state index in [1.54, 1.807) is 17.8 Å². The zero-order valence-electron chi connectivity index (χ0n) is 11.0. The Hall–Kier alpha value is -2.39. The number of carboxylic acid groups (broad SMARTS) is 1. The van der Waals surface area contributed by atoms with Crippen LogP contribution in [-0.4, -0.2) is 34.2 Å². The van der Waals surface area contributed by atoms with Gasteiger partial charge in [-0.1, -0.05) is 0 Å². The summed E-state index contributed by atoms with van der Waals surface area (Å²) >= 11 is 0. The summed E-state index contributed by atoms with van der Waals surface area (Å²) in [5.74, 6) is -1.39. The van der Waals surface area contributed by atoms with Gasteiger partial charge in [-0.15, -0.1) is 0 Å². The highest BCUT2D eigenvalue weighted by Crippen LogP contribution is 2.21. The van der Waals surface area contributed by atoms with Crippen molar-refractivity contribution in [3.8, 4) is 5.75 Å². The van der Waals surface area contributed by atoms with Gasteiger partial charge < -0.3 is 14.8 Å². The second-order valence-electron chi connectivity index (χ2n) is 4.26. The van der Waals surface area contributed by atoms with Gasteiger partial charge in [0.05, 0.1) is 11.4 Å². The van der Waals surface area contributed by atoms with Crippen LogP contribution in [0.15, 0.2) is 35.5 Å². The van der Waals surface area contributed by atoms with Gasteiger partial charge in [-0.05, 0) is 18.2 Å². The van der Waals surface area contributed by atoms with E-state index in [9.17, 15) is 18.3 Å². The number of nitrogens with one attached hydrogen (secondary N) is 1. The number of carboxylic acids is 1. The number of aryl methyl sites for hydroxylation is 1. The maximum absolute atomic E-state index is 12.1. The molecule has 0 amide bonds. The van der Waals surface area contributed by atoms with Gasteiger partial charge >= 0.3 is 5.97 Å². The predicted molar refractivity (Wildman–Crippen MR) is 72.3 cm³/mol. The molecule has 3 N–H and O–H groups in total. The van der Waals surface area contributed by atoms with E-state index in [0.717, 1.165) is 18.2 Å². The first-order chi connectivity index (χ1) is 9.81. The van der Waals surface area contributed by atoms with E-state index in [1.807, 2.05) is 0 Å². The molecule has 8 nitrogen and oxygen atoms in total. The predicted octanol–water partition coefficient (Wildman–Crippen LogP) is 0.302. The smallest absolute Gasteiger partial charge is 0.339 e. The number of phenols is 1. The van der Waals surface area contributed by atoms with Crippen LogP contribution >= 0.6 is 0 Å². The van der Waals surface area contributed by atoms with Crippen molar-refractivity contribution in [3.05, 3.63) is 42.0 Å². The fraction of sp³-hybridized carbons (Fsp3) is 0.167. The third kappa shape index (κ3) is 3.20. The highest BCUT2D eigenvalue weighted by atomic mass is 32.2. The zero-order valence-corrected chi connectivity index (χ0v) is 11.8. The van der Waals surface area contributed by atoms with Crippen molar-refractivity contribution >= 4 is 16.0 Å². The molecule has 0 spiro atoms. The minimum atomic E-state index is -3.90. The highest BCUT2D eigenvalue weighted by Gasteiger charge is 2.19. The lowest BCUT2D eigenvalue weighted by Gasteiger charge is -2.08. The van der Waals surface area contributed by atoms with Gasteiger partial charge in [0.1, 0.15) is 17.1 Å². The first-order valence-corrected chi connectivity index (χ1v) is 7.32. The molecular formula is C12H13N3O5S. The summed E-state index contributed by atoms with van der Waals surface area (Å²) in [5.41, 5.74) is -0.477. The van der Waals surface area contributed by atoms with Crippen LogP contribution in [0.5, 0.6) is 5.75 Å². The fourth-order valence-electron chi connectivity index (χ4n) is 1.66. The Kier molecular flexibility index (Phi) is 3.96. The van der Waals surface area contributed by atoms with Gasteiger partial charge in [0.15, 0.2) is 0 Å². The number of imidazole rings is 1. The van der Waals surface area contributed by atoms with Crippen molar-refractivity contribution < 1.29 is 23.4 Å². The van der Waals surface area contributed by atoms with E-state index in [4.69, 9.17) is 5.11 Å². The van der Waals surface area contributed by atoms with Crippen LogP contribution in [0, 0.1) is 0 Å². The lowest BCUT2D eigenvalue weighted by Crippen LogP contribution is -2.25. The number of nitrogens with zero attached hydrogens (tertiary/aromatic N) is 2. The minimum Gasteiger partial charge on any atom is -0.507 e. The summed E-state index contributed by atoms with van der Waals surface area (Å²) < 4.78 is 28.2. The van der Waals surface area contributed by atoms with Crippen LogP contribution in [0.4, 0.5) is 0 Å². The number of carbonyl (C=O) groups is 1. The van der Waals surface area contributed by atoms with Crippen molar-refractivity contribution in [2.24, 2.45) is 7.05 Å². The van der Waals surface area contributed by atoms with E-state index in [2.05, 4.69) is 9.71 Å². The first-order valence-electron chi connectivity index (χ1n) is 5.83. The van der Waals surface area contributed by atoms with Gasteiger partial charge in [0.25, 0.3) is 0 Å². The van der Waals surface area contributed by atoms with Crippen molar-refractivity contribution in [3.63, 3.8) is 0 Å². The Labute approximate surface area is 120 Å². The molecule has 1 aromatic carbocycles. The average molecular weight is 311 g/mol. The van der Waals surface area contributed by atoms with Crippen molar-refractivity contribution in [2.45, 2.75) is 11.4 Å². The lowest BCUT2D eigenvalue weighted by molar-refractivity contribution is 0.0693. The highest BCUT2D eigenvalue weighted by molar-refractivity contribution is 7.89. The van der Waals surface area contributed by atoms with Gasteiger partial charge in [0, 0.05) is 19.4 Å². The molecule has 0 unspecified atom stereocenters. The molecule has 0 saturated heterocycles. The Morgan fingerprint density at radius 3 is 2.71 bits per heavy atom. The van der Waals surface area contributed by atoms with Crippen molar-refractivity contribution in [1.29, 1.82) is 0 Å². The number of aromatic hydroxyl groups is 1. The number of benzene rings is 1. The molecule has 0 atom stereocenters. The lowest BCUT2D eigenvalue weighted by atomic mass is 10.2. The Bertz CT molecular complexity index is 782. The van der Waals surface area contributed by atoms with Gasteiger partial charge in [-0.2, -0.15) is 0 Å². The molecule has 9 heteroatoms. The van der Waals surface area contributed by atoms with Gasteiger partial charge in [-0.3, -0.25) is 0 Å². The largest absolute Gasteiger partial charge is 0.507 e. The maximum atomic E-state index is 12.1. The van der Waals surface area contributed by atoms with Crippen LogP contribution in [0.25, 0.3) is 0 Å². The average Bonchev–Trinajstić information content (AvgIpc) is 2.82. The molecule has 21 heavy (non-hydrogen) atoms. The normalized spacial score (nSPS) is 11.5.